The van der Waals surface area contributed by atoms with Gasteiger partial charge < -0.3 is 20.0 Å². The molecule has 0 aliphatic heterocycles. The summed E-state index contributed by atoms with van der Waals surface area (Å²) in [6, 6.07) is 9.73. The van der Waals surface area contributed by atoms with Crippen LogP contribution in [0.15, 0.2) is 41.0 Å². The van der Waals surface area contributed by atoms with Gasteiger partial charge >= 0.3 is 0 Å². The van der Waals surface area contributed by atoms with Crippen molar-refractivity contribution in [1.29, 1.82) is 0 Å². The molecule has 0 aliphatic rings. The van der Waals surface area contributed by atoms with Crippen LogP contribution in [0.25, 0.3) is 0 Å². The second-order valence-corrected chi connectivity index (χ2v) is 5.26. The number of ether oxygens (including phenoxy) is 1. The first-order chi connectivity index (χ1) is 10.2. The van der Waals surface area contributed by atoms with Crippen LogP contribution < -0.4 is 10.5 Å². The van der Waals surface area contributed by atoms with Gasteiger partial charge in [-0.1, -0.05) is 12.1 Å². The van der Waals surface area contributed by atoms with Crippen LogP contribution in [0.3, 0.4) is 0 Å². The number of aryl methyl sites for hydroxylation is 2. The van der Waals surface area contributed by atoms with E-state index in [2.05, 4.69) is 0 Å². The van der Waals surface area contributed by atoms with Crippen molar-refractivity contribution < 1.29 is 14.3 Å². The molecule has 114 valence electrons. The van der Waals surface area contributed by atoms with Gasteiger partial charge in [-0.25, -0.2) is 0 Å². The van der Waals surface area contributed by atoms with Crippen molar-refractivity contribution in [2.75, 3.05) is 13.7 Å². The molecule has 0 bridgehead atoms. The van der Waals surface area contributed by atoms with E-state index in [1.165, 1.54) is 0 Å². The summed E-state index contributed by atoms with van der Waals surface area (Å²) in [4.78, 5) is 0. The van der Waals surface area contributed by atoms with Gasteiger partial charge in [-0.2, -0.15) is 0 Å². The van der Waals surface area contributed by atoms with Crippen LogP contribution in [0, 0.1) is 6.92 Å². The minimum atomic E-state index is -0.507. The molecule has 4 heteroatoms. The smallest absolute Gasteiger partial charge is 0.122 e. The Hall–Kier alpha value is -1.78. The van der Waals surface area contributed by atoms with E-state index in [-0.39, 0.29) is 5.92 Å². The number of hydrogen-bond donors (Lipinski definition) is 2. The monoisotopic (exact) mass is 289 g/mol. The maximum atomic E-state index is 10.4. The van der Waals surface area contributed by atoms with E-state index >= 15 is 0 Å². The summed E-state index contributed by atoms with van der Waals surface area (Å²) in [5.41, 5.74) is 7.94. The molecular weight excluding hydrogens is 266 g/mol. The second kappa shape index (κ2) is 7.29. The van der Waals surface area contributed by atoms with E-state index < -0.39 is 6.10 Å². The third-order valence-corrected chi connectivity index (χ3v) is 3.85. The van der Waals surface area contributed by atoms with Crippen molar-refractivity contribution in [3.8, 4) is 5.75 Å². The van der Waals surface area contributed by atoms with Gasteiger partial charge in [0.2, 0.25) is 0 Å². The molecule has 0 amide bonds. The fourth-order valence-electron chi connectivity index (χ4n) is 2.53. The summed E-state index contributed by atoms with van der Waals surface area (Å²) >= 11 is 0. The normalized spacial score (nSPS) is 13.9. The zero-order chi connectivity index (χ0) is 15.2. The quantitative estimate of drug-likeness (QED) is 0.822. The lowest BCUT2D eigenvalue weighted by Crippen LogP contribution is -2.26. The lowest BCUT2D eigenvalue weighted by molar-refractivity contribution is 0.134. The Labute approximate surface area is 125 Å². The van der Waals surface area contributed by atoms with Crippen LogP contribution in [0.5, 0.6) is 5.75 Å². The maximum absolute atomic E-state index is 10.4. The molecule has 0 saturated heterocycles. The van der Waals surface area contributed by atoms with Crippen molar-refractivity contribution >= 4 is 0 Å². The molecule has 1 aromatic carbocycles. The van der Waals surface area contributed by atoms with Crippen molar-refractivity contribution in [3.05, 3.63) is 53.5 Å². The Balaban J connectivity index is 2.07. The fraction of sp³-hybridized carbons (Fsp3) is 0.412. The highest BCUT2D eigenvalue weighted by Crippen LogP contribution is 2.27. The van der Waals surface area contributed by atoms with Crippen molar-refractivity contribution in [2.45, 2.75) is 31.8 Å². The molecule has 2 rings (SSSR count). The topological polar surface area (TPSA) is 68.6 Å². The minimum absolute atomic E-state index is 0.102. The molecule has 4 nitrogen and oxygen atoms in total. The Morgan fingerprint density at radius 1 is 1.33 bits per heavy atom. The zero-order valence-electron chi connectivity index (χ0n) is 12.6. The lowest BCUT2D eigenvalue weighted by Gasteiger charge is -2.22. The first-order valence-corrected chi connectivity index (χ1v) is 7.20. The number of aliphatic hydroxyl groups excluding tert-OH is 1. The molecule has 2 aromatic rings. The van der Waals surface area contributed by atoms with Gasteiger partial charge in [-0.05, 0) is 42.7 Å². The highest BCUT2D eigenvalue weighted by molar-refractivity contribution is 5.38. The Bertz CT molecular complexity index is 551. The largest absolute Gasteiger partial charge is 0.496 e. The molecule has 0 saturated carbocycles. The van der Waals surface area contributed by atoms with Crippen LogP contribution in [0.4, 0.5) is 0 Å². The molecule has 1 aromatic heterocycles. The molecule has 0 spiro atoms. The second-order valence-electron chi connectivity index (χ2n) is 5.26. The van der Waals surface area contributed by atoms with Gasteiger partial charge in [0.05, 0.1) is 19.5 Å². The average molecular weight is 289 g/mol. The van der Waals surface area contributed by atoms with Gasteiger partial charge in [-0.3, -0.25) is 0 Å². The minimum Gasteiger partial charge on any atom is -0.496 e. The van der Waals surface area contributed by atoms with Crippen molar-refractivity contribution in [3.63, 3.8) is 0 Å². The molecule has 1 heterocycles. The number of benzene rings is 1. The Morgan fingerprint density at radius 3 is 2.76 bits per heavy atom. The molecule has 2 atom stereocenters. The van der Waals surface area contributed by atoms with Crippen molar-refractivity contribution in [2.24, 2.45) is 5.73 Å². The summed E-state index contributed by atoms with van der Waals surface area (Å²) in [7, 11) is 1.65. The fourth-order valence-corrected chi connectivity index (χ4v) is 2.53. The summed E-state index contributed by atoms with van der Waals surface area (Å²) in [5.74, 6) is 1.60. The standard InChI is InChI=1S/C17H23NO3/c1-12-5-6-13(10-17(12)20-2)15(11-18)16(19)8-7-14-4-3-9-21-14/h3-6,9-10,15-16,19H,7-8,11,18H2,1-2H3. The number of methoxy groups -OCH3 is 1. The maximum Gasteiger partial charge on any atom is 0.122 e. The van der Waals surface area contributed by atoms with Gasteiger partial charge in [-0.15, -0.1) is 0 Å². The predicted octanol–water partition coefficient (Wildman–Crippen LogP) is 2.63. The summed E-state index contributed by atoms with van der Waals surface area (Å²) in [6.07, 6.45) is 2.46. The number of furan rings is 1. The molecule has 0 aliphatic carbocycles. The summed E-state index contributed by atoms with van der Waals surface area (Å²) in [6.45, 7) is 2.39. The van der Waals surface area contributed by atoms with E-state index in [1.807, 2.05) is 37.3 Å². The van der Waals surface area contributed by atoms with E-state index in [0.29, 0.717) is 19.4 Å². The zero-order valence-corrected chi connectivity index (χ0v) is 12.6. The average Bonchev–Trinajstić information content (AvgIpc) is 3.01. The predicted molar refractivity (Wildman–Crippen MR) is 82.6 cm³/mol. The van der Waals surface area contributed by atoms with Crippen LogP contribution in [0.2, 0.25) is 0 Å². The molecule has 21 heavy (non-hydrogen) atoms. The van der Waals surface area contributed by atoms with Gasteiger partial charge in [0.1, 0.15) is 11.5 Å². The van der Waals surface area contributed by atoms with E-state index in [0.717, 1.165) is 22.6 Å². The van der Waals surface area contributed by atoms with Crippen LogP contribution in [0.1, 0.15) is 29.2 Å². The lowest BCUT2D eigenvalue weighted by atomic mass is 9.90. The summed E-state index contributed by atoms with van der Waals surface area (Å²) in [5, 5.41) is 10.4. The molecule has 0 fully saturated rings. The number of nitrogens with two attached hydrogens (primary N) is 1. The summed E-state index contributed by atoms with van der Waals surface area (Å²) < 4.78 is 10.6. The van der Waals surface area contributed by atoms with E-state index in [1.54, 1.807) is 13.4 Å². The molecule has 0 radical (unpaired) electrons. The highest BCUT2D eigenvalue weighted by Gasteiger charge is 2.21. The number of rotatable bonds is 7. The SMILES string of the molecule is COc1cc(C(CN)C(O)CCc2ccco2)ccc1C. The van der Waals surface area contributed by atoms with Gasteiger partial charge in [0.15, 0.2) is 0 Å². The number of aliphatic hydroxyl groups is 1. The van der Waals surface area contributed by atoms with E-state index in [9.17, 15) is 5.11 Å². The van der Waals surface area contributed by atoms with Gasteiger partial charge in [0, 0.05) is 18.9 Å². The van der Waals surface area contributed by atoms with Crippen LogP contribution >= 0.6 is 0 Å². The highest BCUT2D eigenvalue weighted by atomic mass is 16.5. The van der Waals surface area contributed by atoms with Crippen LogP contribution in [-0.2, 0) is 6.42 Å². The molecule has 3 N–H and O–H groups in total. The first kappa shape index (κ1) is 15.6. The number of hydrogen-bond acceptors (Lipinski definition) is 4. The Morgan fingerprint density at radius 2 is 2.14 bits per heavy atom. The third kappa shape index (κ3) is 3.86. The van der Waals surface area contributed by atoms with Crippen molar-refractivity contribution in [1.82, 2.24) is 0 Å². The Kier molecular flexibility index (Phi) is 5.42. The van der Waals surface area contributed by atoms with Gasteiger partial charge in [0.25, 0.3) is 0 Å². The van der Waals surface area contributed by atoms with E-state index in [4.69, 9.17) is 14.9 Å². The molecular formula is C17H23NO3. The molecule has 2 unspecified atom stereocenters. The third-order valence-electron chi connectivity index (χ3n) is 3.85. The van der Waals surface area contributed by atoms with Crippen LogP contribution in [-0.4, -0.2) is 24.9 Å². The first-order valence-electron chi connectivity index (χ1n) is 7.20.